The molecule has 0 spiro atoms. The van der Waals surface area contributed by atoms with Gasteiger partial charge in [-0.05, 0) is 29.5 Å². The summed E-state index contributed by atoms with van der Waals surface area (Å²) in [6.07, 6.45) is 1.68. The molecule has 1 aliphatic heterocycles. The molecule has 1 aromatic rings. The summed E-state index contributed by atoms with van der Waals surface area (Å²) in [6.45, 7) is 4.40. The molecule has 1 amide bonds. The zero-order valence-corrected chi connectivity index (χ0v) is 8.63. The first-order chi connectivity index (χ1) is 6.70. The van der Waals surface area contributed by atoms with Gasteiger partial charge in [-0.1, -0.05) is 26.0 Å². The molecule has 0 saturated carbocycles. The van der Waals surface area contributed by atoms with E-state index in [4.69, 9.17) is 0 Å². The van der Waals surface area contributed by atoms with Gasteiger partial charge in [0.15, 0.2) is 0 Å². The molecule has 0 radical (unpaired) electrons. The molecule has 1 N–H and O–H groups in total. The number of carbonyl (C=O) groups is 1. The van der Waals surface area contributed by atoms with Crippen LogP contribution in [0.15, 0.2) is 18.2 Å². The van der Waals surface area contributed by atoms with Gasteiger partial charge in [0.1, 0.15) is 0 Å². The Labute approximate surface area is 85.8 Å². The SMILES string of the molecule is CCC(C)c1ccc2c(c1)CC(=O)N2.[HH]. The van der Waals surface area contributed by atoms with Crippen molar-refractivity contribution in [1.29, 1.82) is 0 Å². The van der Waals surface area contributed by atoms with Crippen LogP contribution in [0, 0.1) is 0 Å². The summed E-state index contributed by atoms with van der Waals surface area (Å²) in [5, 5.41) is 2.84. The second-order valence-electron chi connectivity index (χ2n) is 3.95. The smallest absolute Gasteiger partial charge is 0.228 e. The largest absolute Gasteiger partial charge is 0.326 e. The van der Waals surface area contributed by atoms with Gasteiger partial charge in [0.2, 0.25) is 5.91 Å². The van der Waals surface area contributed by atoms with Crippen molar-refractivity contribution in [2.45, 2.75) is 32.6 Å². The van der Waals surface area contributed by atoms with E-state index in [2.05, 4.69) is 31.3 Å². The van der Waals surface area contributed by atoms with E-state index in [0.717, 1.165) is 17.7 Å². The number of carbonyl (C=O) groups excluding carboxylic acids is 1. The molecule has 0 aliphatic carbocycles. The minimum Gasteiger partial charge on any atom is -0.326 e. The Balaban J connectivity index is 0.00000112. The van der Waals surface area contributed by atoms with E-state index in [9.17, 15) is 4.79 Å². The van der Waals surface area contributed by atoms with Crippen LogP contribution in [0.1, 0.15) is 38.7 Å². The van der Waals surface area contributed by atoms with E-state index in [1.165, 1.54) is 5.56 Å². The topological polar surface area (TPSA) is 29.1 Å². The minimum absolute atomic E-state index is 0. The first-order valence-corrected chi connectivity index (χ1v) is 5.13. The summed E-state index contributed by atoms with van der Waals surface area (Å²) < 4.78 is 0. The molecule has 0 aromatic heterocycles. The molecule has 2 heteroatoms. The highest BCUT2D eigenvalue weighted by molar-refractivity contribution is 5.99. The Kier molecular flexibility index (Phi) is 2.28. The zero-order chi connectivity index (χ0) is 10.1. The highest BCUT2D eigenvalue weighted by atomic mass is 16.1. The number of anilines is 1. The predicted molar refractivity (Wildman–Crippen MR) is 59.6 cm³/mol. The van der Waals surface area contributed by atoms with Crippen molar-refractivity contribution < 1.29 is 6.22 Å². The minimum atomic E-state index is 0. The molecule has 1 heterocycles. The Morgan fingerprint density at radius 2 is 2.36 bits per heavy atom. The van der Waals surface area contributed by atoms with E-state index in [1.54, 1.807) is 0 Å². The van der Waals surface area contributed by atoms with Crippen molar-refractivity contribution in [3.63, 3.8) is 0 Å². The lowest BCUT2D eigenvalue weighted by Crippen LogP contribution is -2.03. The van der Waals surface area contributed by atoms with Gasteiger partial charge in [-0.2, -0.15) is 0 Å². The standard InChI is InChI=1S/C12H15NO.H2/c1-3-8(2)9-4-5-11-10(6-9)7-12(14)13-11;/h4-6,8H,3,7H2,1-2H3,(H,13,14);1H. The van der Waals surface area contributed by atoms with Crippen LogP contribution >= 0.6 is 0 Å². The van der Waals surface area contributed by atoms with Gasteiger partial charge in [0.05, 0.1) is 6.42 Å². The van der Waals surface area contributed by atoms with Crippen LogP contribution < -0.4 is 5.32 Å². The number of benzene rings is 1. The molecular weight excluding hydrogens is 174 g/mol. The fraction of sp³-hybridized carbons (Fsp3) is 0.417. The summed E-state index contributed by atoms with van der Waals surface area (Å²) in [6, 6.07) is 6.28. The van der Waals surface area contributed by atoms with Crippen molar-refractivity contribution in [1.82, 2.24) is 0 Å². The van der Waals surface area contributed by atoms with Crippen molar-refractivity contribution in [2.24, 2.45) is 0 Å². The maximum atomic E-state index is 11.1. The van der Waals surface area contributed by atoms with E-state index in [1.807, 2.05) is 6.07 Å². The van der Waals surface area contributed by atoms with Crippen LogP contribution in [-0.4, -0.2) is 5.91 Å². The predicted octanol–water partition coefficient (Wildman–Crippen LogP) is 2.94. The van der Waals surface area contributed by atoms with Gasteiger partial charge in [-0.15, -0.1) is 0 Å². The second-order valence-corrected chi connectivity index (χ2v) is 3.95. The Morgan fingerprint density at radius 3 is 3.07 bits per heavy atom. The average Bonchev–Trinajstić information content (AvgIpc) is 2.55. The van der Waals surface area contributed by atoms with Gasteiger partial charge in [-0.25, -0.2) is 0 Å². The lowest BCUT2D eigenvalue weighted by atomic mass is 9.96. The molecule has 14 heavy (non-hydrogen) atoms. The number of amides is 1. The lowest BCUT2D eigenvalue weighted by Gasteiger charge is -2.10. The summed E-state index contributed by atoms with van der Waals surface area (Å²) >= 11 is 0. The second kappa shape index (κ2) is 3.45. The normalized spacial score (nSPS) is 16.3. The van der Waals surface area contributed by atoms with Crippen molar-refractivity contribution in [2.75, 3.05) is 5.32 Å². The monoisotopic (exact) mass is 191 g/mol. The molecule has 1 aliphatic rings. The van der Waals surface area contributed by atoms with Crippen LogP contribution in [0.2, 0.25) is 0 Å². The number of hydrogen-bond donors (Lipinski definition) is 1. The fourth-order valence-electron chi connectivity index (χ4n) is 1.79. The third kappa shape index (κ3) is 1.52. The van der Waals surface area contributed by atoms with Gasteiger partial charge < -0.3 is 5.32 Å². The van der Waals surface area contributed by atoms with Gasteiger partial charge in [0, 0.05) is 7.11 Å². The van der Waals surface area contributed by atoms with Crippen molar-refractivity contribution in [3.8, 4) is 0 Å². The summed E-state index contributed by atoms with van der Waals surface area (Å²) in [5.74, 6) is 0.692. The van der Waals surface area contributed by atoms with Crippen LogP contribution in [0.25, 0.3) is 0 Å². The molecule has 2 rings (SSSR count). The van der Waals surface area contributed by atoms with Gasteiger partial charge >= 0.3 is 0 Å². The molecule has 1 unspecified atom stereocenters. The lowest BCUT2D eigenvalue weighted by molar-refractivity contribution is -0.115. The molecule has 2 nitrogen and oxygen atoms in total. The quantitative estimate of drug-likeness (QED) is 0.765. The summed E-state index contributed by atoms with van der Waals surface area (Å²) in [4.78, 5) is 11.1. The third-order valence-corrected chi connectivity index (χ3v) is 2.94. The van der Waals surface area contributed by atoms with Crippen molar-refractivity contribution in [3.05, 3.63) is 29.3 Å². The van der Waals surface area contributed by atoms with E-state index in [-0.39, 0.29) is 7.33 Å². The zero-order valence-electron chi connectivity index (χ0n) is 8.63. The molecule has 0 fully saturated rings. The highest BCUT2D eigenvalue weighted by Gasteiger charge is 2.18. The van der Waals surface area contributed by atoms with Gasteiger partial charge in [0.25, 0.3) is 0 Å². The number of rotatable bonds is 2. The maximum Gasteiger partial charge on any atom is 0.228 e. The molecular formula is C12H17NO. The molecule has 76 valence electrons. The number of nitrogens with one attached hydrogen (secondary N) is 1. The molecule has 0 saturated heterocycles. The Hall–Kier alpha value is -1.31. The van der Waals surface area contributed by atoms with Gasteiger partial charge in [-0.3, -0.25) is 4.79 Å². The Morgan fingerprint density at radius 1 is 1.57 bits per heavy atom. The van der Waals surface area contributed by atoms with E-state index in [0.29, 0.717) is 12.3 Å². The Bertz CT molecular complexity index is 376. The fourth-order valence-corrected chi connectivity index (χ4v) is 1.79. The van der Waals surface area contributed by atoms with Crippen LogP contribution in [0.3, 0.4) is 0 Å². The third-order valence-electron chi connectivity index (χ3n) is 2.94. The summed E-state index contributed by atoms with van der Waals surface area (Å²) in [7, 11) is 0. The van der Waals surface area contributed by atoms with Crippen LogP contribution in [-0.2, 0) is 11.2 Å². The van der Waals surface area contributed by atoms with E-state index < -0.39 is 0 Å². The number of hydrogen-bond acceptors (Lipinski definition) is 1. The van der Waals surface area contributed by atoms with Crippen LogP contribution in [0.5, 0.6) is 0 Å². The molecule has 0 bridgehead atoms. The first-order valence-electron chi connectivity index (χ1n) is 5.13. The maximum absolute atomic E-state index is 11.1. The van der Waals surface area contributed by atoms with E-state index >= 15 is 0 Å². The number of fused-ring (bicyclic) bond motifs is 1. The highest BCUT2D eigenvalue weighted by Crippen LogP contribution is 2.28. The average molecular weight is 191 g/mol. The first kappa shape index (κ1) is 9.25. The molecule has 1 aromatic carbocycles. The molecule has 1 atom stereocenters. The van der Waals surface area contributed by atoms with Crippen LogP contribution in [0.4, 0.5) is 5.69 Å². The van der Waals surface area contributed by atoms with Crippen molar-refractivity contribution >= 4 is 11.6 Å². The summed E-state index contributed by atoms with van der Waals surface area (Å²) in [5.41, 5.74) is 3.47.